The Hall–Kier alpha value is -3.07. The molecule has 0 bridgehead atoms. The predicted molar refractivity (Wildman–Crippen MR) is 107 cm³/mol. The minimum Gasteiger partial charge on any atom is -0.385 e. The summed E-state index contributed by atoms with van der Waals surface area (Å²) >= 11 is 5.15. The van der Waals surface area contributed by atoms with Gasteiger partial charge in [-0.3, -0.25) is 14.9 Å². The number of nitrogens with zero attached hydrogens (tertiary/aromatic N) is 2. The molecule has 1 aromatic carbocycles. The highest BCUT2D eigenvalue weighted by molar-refractivity contribution is 7.71. The maximum absolute atomic E-state index is 13.1. The van der Waals surface area contributed by atoms with Crippen LogP contribution in [0.4, 0.5) is 17.3 Å². The van der Waals surface area contributed by atoms with E-state index in [1.165, 1.54) is 12.1 Å². The number of fused-ring (bicyclic) bond motifs is 1. The van der Waals surface area contributed by atoms with Gasteiger partial charge in [-0.1, -0.05) is 26.0 Å². The lowest BCUT2D eigenvalue weighted by Gasteiger charge is -2.39. The summed E-state index contributed by atoms with van der Waals surface area (Å²) in [6, 6.07) is 6.29. The number of benzene rings is 1. The molecule has 0 fully saturated rings. The van der Waals surface area contributed by atoms with E-state index in [9.17, 15) is 14.9 Å². The number of rotatable bonds is 2. The number of nitro groups is 1. The number of nitrogens with one attached hydrogen (secondary N) is 2. The molecule has 0 saturated heterocycles. The summed E-state index contributed by atoms with van der Waals surface area (Å²) in [4.78, 5) is 31.1. The van der Waals surface area contributed by atoms with Gasteiger partial charge in [-0.2, -0.15) is 0 Å². The first kappa shape index (κ1) is 18.3. The van der Waals surface area contributed by atoms with Crippen LogP contribution in [0.25, 0.3) is 0 Å². The molecule has 0 amide bonds. The van der Waals surface area contributed by atoms with Gasteiger partial charge in [-0.15, -0.1) is 0 Å². The van der Waals surface area contributed by atoms with Gasteiger partial charge < -0.3 is 16.0 Å². The molecule has 4 N–H and O–H groups in total. The third-order valence-corrected chi connectivity index (χ3v) is 5.37. The van der Waals surface area contributed by atoms with E-state index in [2.05, 4.69) is 15.3 Å². The van der Waals surface area contributed by atoms with Gasteiger partial charge >= 0.3 is 0 Å². The fourth-order valence-corrected chi connectivity index (χ4v) is 4.31. The van der Waals surface area contributed by atoms with Crippen LogP contribution in [-0.2, 0) is 4.79 Å². The maximum atomic E-state index is 13.1. The van der Waals surface area contributed by atoms with Gasteiger partial charge in [0, 0.05) is 41.3 Å². The number of nitrogens with two attached hydrogens (primary N) is 1. The first-order valence-electron chi connectivity index (χ1n) is 8.83. The van der Waals surface area contributed by atoms with Gasteiger partial charge in [0.15, 0.2) is 10.6 Å². The van der Waals surface area contributed by atoms with E-state index >= 15 is 0 Å². The van der Waals surface area contributed by atoms with Crippen molar-refractivity contribution in [2.24, 2.45) is 5.41 Å². The van der Waals surface area contributed by atoms with Crippen molar-refractivity contribution in [1.29, 1.82) is 0 Å². The van der Waals surface area contributed by atoms with E-state index in [4.69, 9.17) is 18.0 Å². The predicted octanol–water partition coefficient (Wildman–Crippen LogP) is 3.83. The van der Waals surface area contributed by atoms with Gasteiger partial charge in [0.1, 0.15) is 11.6 Å². The number of Topliss-reactive ketones (excluding diaryl/α,β-unsaturated/α-hetero) is 1. The zero-order chi connectivity index (χ0) is 20.2. The molecular weight excluding hydrogens is 378 g/mol. The van der Waals surface area contributed by atoms with Crippen molar-refractivity contribution in [3.63, 3.8) is 0 Å². The lowest BCUT2D eigenvalue weighted by molar-refractivity contribution is -0.384. The fraction of sp³-hybridized carbons (Fsp3) is 0.316. The van der Waals surface area contributed by atoms with Gasteiger partial charge in [-0.25, -0.2) is 4.98 Å². The molecule has 2 aromatic rings. The Balaban J connectivity index is 2.00. The average Bonchev–Trinajstić information content (AvgIpc) is 2.58. The van der Waals surface area contributed by atoms with E-state index in [-0.39, 0.29) is 21.7 Å². The van der Waals surface area contributed by atoms with Crippen molar-refractivity contribution < 1.29 is 9.72 Å². The Morgan fingerprint density at radius 3 is 2.82 bits per heavy atom. The number of carbonyl (C=O) groups excluding carboxylic acids is 1. The van der Waals surface area contributed by atoms with Gasteiger partial charge in [0.25, 0.3) is 5.69 Å². The van der Waals surface area contributed by atoms with Crippen LogP contribution < -0.4 is 11.1 Å². The second-order valence-electron chi connectivity index (χ2n) is 7.96. The Labute approximate surface area is 166 Å². The summed E-state index contributed by atoms with van der Waals surface area (Å²) in [5.74, 6) is 0.238. The van der Waals surface area contributed by atoms with Crippen molar-refractivity contribution in [3.05, 3.63) is 61.5 Å². The van der Waals surface area contributed by atoms with Crippen molar-refractivity contribution >= 4 is 35.3 Å². The molecule has 1 aromatic heterocycles. The van der Waals surface area contributed by atoms with E-state index in [0.717, 1.165) is 5.70 Å². The SMILES string of the molecule is CC1(C)CC(=O)C2=C(C1)Nc1nc(=S)[nH]c(N)c1C2c1cccc([N+](=O)[O-])c1. The molecule has 1 aliphatic carbocycles. The average molecular weight is 397 g/mol. The number of aromatic nitrogens is 2. The summed E-state index contributed by atoms with van der Waals surface area (Å²) in [6.07, 6.45) is 1.05. The highest BCUT2D eigenvalue weighted by Gasteiger charge is 2.42. The molecule has 0 spiro atoms. The topological polar surface area (TPSA) is 127 Å². The molecule has 1 unspecified atom stereocenters. The molecule has 9 heteroatoms. The number of hydrogen-bond acceptors (Lipinski definition) is 7. The third kappa shape index (κ3) is 2.97. The quantitative estimate of drug-likeness (QED) is 0.399. The number of nitro benzene ring substituents is 1. The lowest BCUT2D eigenvalue weighted by atomic mass is 9.69. The van der Waals surface area contributed by atoms with Crippen molar-refractivity contribution in [1.82, 2.24) is 9.97 Å². The third-order valence-electron chi connectivity index (χ3n) is 5.18. The van der Waals surface area contributed by atoms with Crippen LogP contribution in [0.5, 0.6) is 0 Å². The van der Waals surface area contributed by atoms with E-state index < -0.39 is 10.8 Å². The number of hydrogen-bond donors (Lipinski definition) is 3. The lowest BCUT2D eigenvalue weighted by Crippen LogP contribution is -2.34. The molecule has 2 heterocycles. The van der Waals surface area contributed by atoms with E-state index in [0.29, 0.717) is 41.2 Å². The minimum atomic E-state index is -0.547. The van der Waals surface area contributed by atoms with Gasteiger partial charge in [-0.05, 0) is 29.6 Å². The molecule has 0 saturated carbocycles. The highest BCUT2D eigenvalue weighted by Crippen LogP contribution is 2.49. The zero-order valence-electron chi connectivity index (χ0n) is 15.4. The summed E-state index contributed by atoms with van der Waals surface area (Å²) < 4.78 is 0.229. The number of ketones is 1. The van der Waals surface area contributed by atoms with Gasteiger partial charge in [0.05, 0.1) is 4.92 Å². The van der Waals surface area contributed by atoms with Crippen LogP contribution in [0.1, 0.15) is 43.7 Å². The Kier molecular flexibility index (Phi) is 4.07. The molecular formula is C19H19N5O3S. The standard InChI is InChI=1S/C19H19N5O3S/c1-19(2)7-11-14(12(25)8-19)13(9-4-3-5-10(6-9)24(26)27)15-16(20)22-18(28)23-17(15)21-11/h3-6,13H,7-8H2,1-2H3,(H4,20,21,22,23,28). The van der Waals surface area contributed by atoms with Crippen LogP contribution in [0.3, 0.4) is 0 Å². The number of aromatic amines is 1. The number of non-ortho nitro benzene ring substituents is 1. The van der Waals surface area contributed by atoms with E-state index in [1.807, 2.05) is 13.8 Å². The largest absolute Gasteiger partial charge is 0.385 e. The maximum Gasteiger partial charge on any atom is 0.269 e. The first-order valence-corrected chi connectivity index (χ1v) is 9.24. The van der Waals surface area contributed by atoms with Crippen LogP contribution in [0.15, 0.2) is 35.5 Å². The van der Waals surface area contributed by atoms with Crippen LogP contribution >= 0.6 is 12.2 Å². The summed E-state index contributed by atoms with van der Waals surface area (Å²) in [5.41, 5.74) is 8.55. The Morgan fingerprint density at radius 1 is 1.36 bits per heavy atom. The van der Waals surface area contributed by atoms with Crippen LogP contribution in [-0.4, -0.2) is 20.7 Å². The normalized spacial score (nSPS) is 20.2. The Bertz CT molecular complexity index is 1120. The van der Waals surface area contributed by atoms with Gasteiger partial charge in [0.2, 0.25) is 0 Å². The van der Waals surface area contributed by atoms with Crippen LogP contribution in [0, 0.1) is 20.3 Å². The summed E-state index contributed by atoms with van der Waals surface area (Å²) in [5, 5.41) is 14.5. The molecule has 2 aliphatic rings. The van der Waals surface area contributed by atoms with Crippen molar-refractivity contribution in [2.45, 2.75) is 32.6 Å². The summed E-state index contributed by atoms with van der Waals surface area (Å²) in [7, 11) is 0. The molecule has 4 rings (SSSR count). The number of anilines is 2. The molecule has 0 radical (unpaired) electrons. The zero-order valence-corrected chi connectivity index (χ0v) is 16.2. The second-order valence-corrected chi connectivity index (χ2v) is 8.35. The molecule has 8 nitrogen and oxygen atoms in total. The second kappa shape index (κ2) is 6.23. The smallest absolute Gasteiger partial charge is 0.269 e. The number of allylic oxidation sites excluding steroid dienone is 2. The van der Waals surface area contributed by atoms with Crippen molar-refractivity contribution in [3.8, 4) is 0 Å². The first-order chi connectivity index (χ1) is 13.2. The number of nitrogen functional groups attached to an aromatic ring is 1. The summed E-state index contributed by atoms with van der Waals surface area (Å²) in [6.45, 7) is 4.07. The fourth-order valence-electron chi connectivity index (χ4n) is 4.11. The molecule has 1 aliphatic heterocycles. The minimum absolute atomic E-state index is 0.00255. The van der Waals surface area contributed by atoms with Crippen LogP contribution in [0.2, 0.25) is 0 Å². The monoisotopic (exact) mass is 397 g/mol. The number of H-pyrrole nitrogens is 1. The molecule has 1 atom stereocenters. The molecule has 28 heavy (non-hydrogen) atoms. The molecule has 144 valence electrons. The highest BCUT2D eigenvalue weighted by atomic mass is 32.1. The van der Waals surface area contributed by atoms with E-state index in [1.54, 1.807) is 12.1 Å². The number of carbonyl (C=O) groups is 1. The Morgan fingerprint density at radius 2 is 2.11 bits per heavy atom. The van der Waals surface area contributed by atoms with Crippen molar-refractivity contribution in [2.75, 3.05) is 11.1 Å².